The van der Waals surface area contributed by atoms with Crippen LogP contribution in [0.15, 0.2) is 66.7 Å². The highest BCUT2D eigenvalue weighted by molar-refractivity contribution is 6.32. The third-order valence-corrected chi connectivity index (χ3v) is 5.21. The van der Waals surface area contributed by atoms with Crippen LogP contribution in [0, 0.1) is 0 Å². The molecule has 0 aromatic heterocycles. The molecular weight excluding hydrogens is 280 g/mol. The molecule has 5 aromatic rings. The summed E-state index contributed by atoms with van der Waals surface area (Å²) in [5.41, 5.74) is 4.58. The van der Waals surface area contributed by atoms with E-state index in [4.69, 9.17) is 0 Å². The smallest absolute Gasteiger partial charge is 0.124 e. The fourth-order valence-corrected chi connectivity index (χ4v) is 4.32. The van der Waals surface area contributed by atoms with Gasteiger partial charge in [0.2, 0.25) is 0 Å². The molecule has 0 atom stereocenters. The van der Waals surface area contributed by atoms with E-state index in [1.54, 1.807) is 0 Å². The summed E-state index contributed by atoms with van der Waals surface area (Å²) in [5, 5.41) is 18.1. The van der Waals surface area contributed by atoms with Crippen molar-refractivity contribution in [1.29, 1.82) is 0 Å². The number of benzene rings is 5. The van der Waals surface area contributed by atoms with Gasteiger partial charge in [-0.1, -0.05) is 54.6 Å². The van der Waals surface area contributed by atoms with E-state index in [1.165, 1.54) is 38.1 Å². The lowest BCUT2D eigenvalue weighted by Gasteiger charge is -2.13. The van der Waals surface area contributed by atoms with Crippen LogP contribution in [0.2, 0.25) is 0 Å². The van der Waals surface area contributed by atoms with Crippen molar-refractivity contribution in [3.63, 3.8) is 0 Å². The Balaban J connectivity index is 2.04. The van der Waals surface area contributed by atoms with Gasteiger partial charge in [-0.3, -0.25) is 0 Å². The number of hydrogen-bond donors (Lipinski definition) is 1. The second-order valence-corrected chi connectivity index (χ2v) is 6.36. The van der Waals surface area contributed by atoms with E-state index in [0.29, 0.717) is 5.75 Å². The van der Waals surface area contributed by atoms with Crippen LogP contribution < -0.4 is 0 Å². The Kier molecular flexibility index (Phi) is 1.82. The van der Waals surface area contributed by atoms with Crippen LogP contribution in [0.1, 0.15) is 0 Å². The van der Waals surface area contributed by atoms with E-state index in [0.717, 1.165) is 16.5 Å². The first-order chi connectivity index (χ1) is 11.3. The molecule has 1 heteroatoms. The van der Waals surface area contributed by atoms with Crippen LogP contribution in [0.5, 0.6) is 5.75 Å². The van der Waals surface area contributed by atoms with Gasteiger partial charge in [-0.05, 0) is 55.8 Å². The maximum Gasteiger partial charge on any atom is 0.124 e. The quantitative estimate of drug-likeness (QED) is 0.344. The van der Waals surface area contributed by atoms with Crippen molar-refractivity contribution in [3.8, 4) is 28.0 Å². The van der Waals surface area contributed by atoms with Crippen LogP contribution in [0.4, 0.5) is 0 Å². The number of hydrogen-bond acceptors (Lipinski definition) is 1. The molecule has 0 spiro atoms. The molecule has 0 heterocycles. The fourth-order valence-electron chi connectivity index (χ4n) is 4.32. The molecule has 0 radical (unpaired) electrons. The van der Waals surface area contributed by atoms with Gasteiger partial charge in [0.05, 0.1) is 0 Å². The zero-order valence-electron chi connectivity index (χ0n) is 12.3. The van der Waals surface area contributed by atoms with Crippen molar-refractivity contribution in [2.75, 3.05) is 0 Å². The Labute approximate surface area is 132 Å². The molecule has 0 saturated heterocycles. The minimum atomic E-state index is 0.377. The van der Waals surface area contributed by atoms with E-state index in [-0.39, 0.29) is 0 Å². The Morgan fingerprint density at radius 3 is 2.17 bits per heavy atom. The van der Waals surface area contributed by atoms with E-state index >= 15 is 0 Å². The number of phenols is 1. The van der Waals surface area contributed by atoms with Crippen LogP contribution in [0.3, 0.4) is 0 Å². The fraction of sp³-hybridized carbons (Fsp3) is 0. The zero-order valence-corrected chi connectivity index (χ0v) is 12.3. The monoisotopic (exact) mass is 292 g/mol. The zero-order chi connectivity index (χ0) is 15.1. The van der Waals surface area contributed by atoms with Gasteiger partial charge in [-0.25, -0.2) is 0 Å². The maximum atomic E-state index is 10.7. The van der Waals surface area contributed by atoms with Gasteiger partial charge < -0.3 is 5.11 Å². The number of rotatable bonds is 0. The molecule has 1 aliphatic carbocycles. The average molecular weight is 292 g/mol. The lowest BCUT2D eigenvalue weighted by atomic mass is 9.90. The Bertz CT molecular complexity index is 1260. The van der Waals surface area contributed by atoms with E-state index in [2.05, 4.69) is 54.6 Å². The standard InChI is InChI=1S/C22H12O/c23-18-11-14-9-8-12-4-3-5-13-10-17-15-6-1-2-7-16(15)21(18)22(17)20(14)19(12)13/h1-11,23H. The largest absolute Gasteiger partial charge is 0.507 e. The molecule has 5 aromatic carbocycles. The number of aromatic hydroxyl groups is 1. The number of phenolic OH excluding ortho intramolecular Hbond substituents is 1. The second-order valence-electron chi connectivity index (χ2n) is 6.36. The topological polar surface area (TPSA) is 20.2 Å². The third kappa shape index (κ3) is 1.21. The first kappa shape index (κ1) is 11.5. The molecule has 0 aliphatic heterocycles. The number of fused-ring (bicyclic) bond motifs is 3. The highest BCUT2D eigenvalue weighted by atomic mass is 16.3. The summed E-state index contributed by atoms with van der Waals surface area (Å²) in [7, 11) is 0. The van der Waals surface area contributed by atoms with Crippen LogP contribution in [-0.4, -0.2) is 5.11 Å². The molecule has 106 valence electrons. The summed E-state index contributed by atoms with van der Waals surface area (Å²) in [6, 6.07) is 23.3. The molecule has 6 rings (SSSR count). The normalized spacial score (nSPS) is 12.5. The molecule has 0 unspecified atom stereocenters. The highest BCUT2D eigenvalue weighted by Gasteiger charge is 2.26. The predicted molar refractivity (Wildman–Crippen MR) is 96.2 cm³/mol. The summed E-state index contributed by atoms with van der Waals surface area (Å²) in [4.78, 5) is 0. The average Bonchev–Trinajstić information content (AvgIpc) is 2.92. The summed E-state index contributed by atoms with van der Waals surface area (Å²) < 4.78 is 0. The molecule has 0 saturated carbocycles. The van der Waals surface area contributed by atoms with Gasteiger partial charge in [0.25, 0.3) is 0 Å². The first-order valence-corrected chi connectivity index (χ1v) is 7.86. The lowest BCUT2D eigenvalue weighted by Crippen LogP contribution is -1.85. The summed E-state index contributed by atoms with van der Waals surface area (Å²) in [6.45, 7) is 0. The highest BCUT2D eigenvalue weighted by Crippen LogP contribution is 2.54. The van der Waals surface area contributed by atoms with Gasteiger partial charge in [0, 0.05) is 10.9 Å². The van der Waals surface area contributed by atoms with Crippen molar-refractivity contribution < 1.29 is 5.11 Å². The molecule has 0 amide bonds. The molecule has 23 heavy (non-hydrogen) atoms. The molecular formula is C22H12O. The third-order valence-electron chi connectivity index (χ3n) is 5.21. The van der Waals surface area contributed by atoms with Gasteiger partial charge in [-0.2, -0.15) is 0 Å². The Morgan fingerprint density at radius 2 is 1.26 bits per heavy atom. The lowest BCUT2D eigenvalue weighted by molar-refractivity contribution is 0.479. The van der Waals surface area contributed by atoms with Crippen LogP contribution in [0.25, 0.3) is 54.6 Å². The molecule has 1 N–H and O–H groups in total. The summed E-state index contributed by atoms with van der Waals surface area (Å²) in [5.74, 6) is 0.377. The first-order valence-electron chi connectivity index (χ1n) is 7.86. The van der Waals surface area contributed by atoms with E-state index in [9.17, 15) is 5.11 Å². The minimum Gasteiger partial charge on any atom is -0.507 e. The van der Waals surface area contributed by atoms with Gasteiger partial charge in [-0.15, -0.1) is 0 Å². The van der Waals surface area contributed by atoms with Crippen molar-refractivity contribution in [2.24, 2.45) is 0 Å². The van der Waals surface area contributed by atoms with Gasteiger partial charge >= 0.3 is 0 Å². The second kappa shape index (κ2) is 3.64. The Hall–Kier alpha value is -3.06. The van der Waals surface area contributed by atoms with Gasteiger partial charge in [0.1, 0.15) is 5.75 Å². The molecule has 1 aliphatic rings. The molecule has 0 fully saturated rings. The summed E-state index contributed by atoms with van der Waals surface area (Å²) in [6.07, 6.45) is 0. The van der Waals surface area contributed by atoms with Crippen molar-refractivity contribution in [1.82, 2.24) is 0 Å². The Morgan fingerprint density at radius 1 is 0.522 bits per heavy atom. The summed E-state index contributed by atoms with van der Waals surface area (Å²) >= 11 is 0. The van der Waals surface area contributed by atoms with Crippen molar-refractivity contribution in [3.05, 3.63) is 66.7 Å². The van der Waals surface area contributed by atoms with Crippen molar-refractivity contribution >= 4 is 32.3 Å². The maximum absolute atomic E-state index is 10.7. The predicted octanol–water partition coefficient (Wildman–Crippen LogP) is 5.94. The van der Waals surface area contributed by atoms with E-state index in [1.807, 2.05) is 12.1 Å². The SMILES string of the molecule is Oc1cc2ccc3cccc4cc5c(c1-c1ccccc1-5)c2c34. The van der Waals surface area contributed by atoms with Crippen LogP contribution >= 0.6 is 0 Å². The molecule has 1 nitrogen and oxygen atoms in total. The minimum absolute atomic E-state index is 0.377. The van der Waals surface area contributed by atoms with Crippen LogP contribution in [-0.2, 0) is 0 Å². The van der Waals surface area contributed by atoms with E-state index < -0.39 is 0 Å². The van der Waals surface area contributed by atoms with Gasteiger partial charge in [0.15, 0.2) is 0 Å². The molecule has 0 bridgehead atoms. The van der Waals surface area contributed by atoms with Crippen molar-refractivity contribution in [2.45, 2.75) is 0 Å².